The van der Waals surface area contributed by atoms with Crippen LogP contribution in [-0.2, 0) is 6.54 Å². The van der Waals surface area contributed by atoms with Crippen LogP contribution in [0.5, 0.6) is 0 Å². The molecule has 0 saturated heterocycles. The Morgan fingerprint density at radius 2 is 1.82 bits per heavy atom. The highest BCUT2D eigenvalue weighted by molar-refractivity contribution is 6.30. The molecule has 4 rings (SSSR count). The summed E-state index contributed by atoms with van der Waals surface area (Å²) in [4.78, 5) is 4.59. The fourth-order valence-corrected chi connectivity index (χ4v) is 2.60. The van der Waals surface area contributed by atoms with Crippen molar-refractivity contribution in [1.82, 2.24) is 19.2 Å². The second-order valence-electron chi connectivity index (χ2n) is 5.13. The van der Waals surface area contributed by atoms with Gasteiger partial charge in [0.05, 0.1) is 18.4 Å². The largest absolute Gasteiger partial charge is 0.307 e. The molecule has 0 N–H and O–H groups in total. The molecule has 0 spiro atoms. The summed E-state index contributed by atoms with van der Waals surface area (Å²) < 4.78 is 3.91. The van der Waals surface area contributed by atoms with Crippen molar-refractivity contribution >= 4 is 17.2 Å². The molecule has 5 heteroatoms. The third-order valence-electron chi connectivity index (χ3n) is 3.55. The van der Waals surface area contributed by atoms with Crippen molar-refractivity contribution in [3.8, 4) is 11.1 Å². The van der Waals surface area contributed by atoms with Gasteiger partial charge >= 0.3 is 0 Å². The molecule has 4 aromatic rings. The van der Waals surface area contributed by atoms with Crippen LogP contribution in [0, 0.1) is 0 Å². The number of nitrogens with zero attached hydrogens (tertiary/aromatic N) is 4. The van der Waals surface area contributed by atoms with E-state index in [1.807, 2.05) is 76.3 Å². The van der Waals surface area contributed by atoms with E-state index in [1.165, 1.54) is 0 Å². The van der Waals surface area contributed by atoms with Gasteiger partial charge in [-0.3, -0.25) is 4.68 Å². The van der Waals surface area contributed by atoms with Crippen molar-refractivity contribution in [2.45, 2.75) is 6.54 Å². The van der Waals surface area contributed by atoms with E-state index in [9.17, 15) is 0 Å². The zero-order chi connectivity index (χ0) is 14.9. The molecule has 0 saturated carbocycles. The summed E-state index contributed by atoms with van der Waals surface area (Å²) in [5, 5.41) is 5.15. The zero-order valence-electron chi connectivity index (χ0n) is 11.7. The molecule has 0 amide bonds. The van der Waals surface area contributed by atoms with Crippen LogP contribution < -0.4 is 0 Å². The SMILES string of the molecule is Clc1ccc(-c2cnn(Cc3cn4ccccc4n3)c2)cc1. The molecule has 1 aromatic carbocycles. The molecule has 22 heavy (non-hydrogen) atoms. The normalized spacial score (nSPS) is 11.1. The van der Waals surface area contributed by atoms with Crippen LogP contribution in [0.1, 0.15) is 5.69 Å². The maximum absolute atomic E-state index is 5.92. The van der Waals surface area contributed by atoms with Gasteiger partial charge in [-0.25, -0.2) is 4.98 Å². The number of benzene rings is 1. The molecule has 4 nitrogen and oxygen atoms in total. The number of hydrogen-bond acceptors (Lipinski definition) is 2. The van der Waals surface area contributed by atoms with Crippen LogP contribution in [0.25, 0.3) is 16.8 Å². The Balaban J connectivity index is 1.60. The first-order valence-electron chi connectivity index (χ1n) is 6.99. The van der Waals surface area contributed by atoms with E-state index >= 15 is 0 Å². The first kappa shape index (κ1) is 13.1. The molecule has 0 aliphatic heterocycles. The van der Waals surface area contributed by atoms with E-state index in [4.69, 9.17) is 11.6 Å². The molecule has 0 fully saturated rings. The van der Waals surface area contributed by atoms with E-state index in [1.54, 1.807) is 0 Å². The maximum Gasteiger partial charge on any atom is 0.137 e. The Labute approximate surface area is 132 Å². The van der Waals surface area contributed by atoms with Crippen molar-refractivity contribution in [3.05, 3.63) is 78.0 Å². The van der Waals surface area contributed by atoms with Crippen LogP contribution in [0.2, 0.25) is 5.02 Å². The molecule has 0 atom stereocenters. The molecular formula is C17H13ClN4. The van der Waals surface area contributed by atoms with Crippen LogP contribution in [0.3, 0.4) is 0 Å². The lowest BCUT2D eigenvalue weighted by Crippen LogP contribution is -1.99. The Bertz CT molecular complexity index is 888. The molecule has 0 aliphatic carbocycles. The number of aromatic nitrogens is 4. The lowest BCUT2D eigenvalue weighted by atomic mass is 10.1. The van der Waals surface area contributed by atoms with Gasteiger partial charge in [0.25, 0.3) is 0 Å². The van der Waals surface area contributed by atoms with E-state index in [0.717, 1.165) is 27.5 Å². The van der Waals surface area contributed by atoms with Gasteiger partial charge in [0.15, 0.2) is 0 Å². The maximum atomic E-state index is 5.92. The minimum Gasteiger partial charge on any atom is -0.307 e. The Kier molecular flexibility index (Phi) is 3.16. The summed E-state index contributed by atoms with van der Waals surface area (Å²) in [6.07, 6.45) is 7.90. The standard InChI is InChI=1S/C17H13ClN4/c18-15-6-4-13(5-7-15)14-9-19-22(10-14)12-16-11-21-8-2-1-3-17(21)20-16/h1-11H,12H2. The van der Waals surface area contributed by atoms with Gasteiger partial charge in [-0.1, -0.05) is 29.8 Å². The van der Waals surface area contributed by atoms with E-state index in [2.05, 4.69) is 10.1 Å². The average molecular weight is 309 g/mol. The fraction of sp³-hybridized carbons (Fsp3) is 0.0588. The monoisotopic (exact) mass is 308 g/mol. The van der Waals surface area contributed by atoms with Crippen molar-refractivity contribution < 1.29 is 0 Å². The summed E-state index contributed by atoms with van der Waals surface area (Å²) in [5.74, 6) is 0. The van der Waals surface area contributed by atoms with Crippen molar-refractivity contribution in [1.29, 1.82) is 0 Å². The van der Waals surface area contributed by atoms with Crippen LogP contribution in [-0.4, -0.2) is 19.2 Å². The number of imidazole rings is 1. The summed E-state index contributed by atoms with van der Waals surface area (Å²) in [6, 6.07) is 13.7. The van der Waals surface area contributed by atoms with Crippen LogP contribution in [0.15, 0.2) is 67.3 Å². The number of halogens is 1. The molecule has 3 heterocycles. The van der Waals surface area contributed by atoms with Crippen molar-refractivity contribution in [3.63, 3.8) is 0 Å². The highest BCUT2D eigenvalue weighted by atomic mass is 35.5. The first-order valence-corrected chi connectivity index (χ1v) is 7.37. The minimum absolute atomic E-state index is 0.648. The van der Waals surface area contributed by atoms with Gasteiger partial charge in [0.1, 0.15) is 5.65 Å². The van der Waals surface area contributed by atoms with E-state index in [-0.39, 0.29) is 0 Å². The molecule has 3 aromatic heterocycles. The van der Waals surface area contributed by atoms with Crippen molar-refractivity contribution in [2.75, 3.05) is 0 Å². The zero-order valence-corrected chi connectivity index (χ0v) is 12.5. The summed E-state index contributed by atoms with van der Waals surface area (Å²) in [7, 11) is 0. The predicted molar refractivity (Wildman–Crippen MR) is 87.0 cm³/mol. The summed E-state index contributed by atoms with van der Waals surface area (Å²) in [5.41, 5.74) is 4.10. The van der Waals surface area contributed by atoms with Crippen LogP contribution >= 0.6 is 11.6 Å². The molecule has 0 bridgehead atoms. The lowest BCUT2D eigenvalue weighted by molar-refractivity contribution is 0.676. The molecule has 0 aliphatic rings. The Hall–Kier alpha value is -2.59. The van der Waals surface area contributed by atoms with Gasteiger partial charge in [0, 0.05) is 29.2 Å². The first-order chi connectivity index (χ1) is 10.8. The Morgan fingerprint density at radius 1 is 0.955 bits per heavy atom. The summed E-state index contributed by atoms with van der Waals surface area (Å²) >= 11 is 5.92. The highest BCUT2D eigenvalue weighted by Crippen LogP contribution is 2.21. The van der Waals surface area contributed by atoms with E-state index in [0.29, 0.717) is 6.54 Å². The topological polar surface area (TPSA) is 35.1 Å². The molecule has 0 radical (unpaired) electrons. The van der Waals surface area contributed by atoms with Gasteiger partial charge in [-0.05, 0) is 29.8 Å². The third kappa shape index (κ3) is 2.49. The number of fused-ring (bicyclic) bond motifs is 1. The van der Waals surface area contributed by atoms with Gasteiger partial charge in [-0.2, -0.15) is 5.10 Å². The minimum atomic E-state index is 0.648. The lowest BCUT2D eigenvalue weighted by Gasteiger charge is -1.98. The second-order valence-corrected chi connectivity index (χ2v) is 5.57. The van der Waals surface area contributed by atoms with Gasteiger partial charge < -0.3 is 4.40 Å². The highest BCUT2D eigenvalue weighted by Gasteiger charge is 2.05. The molecule has 108 valence electrons. The number of hydrogen-bond donors (Lipinski definition) is 0. The van der Waals surface area contributed by atoms with Gasteiger partial charge in [0.2, 0.25) is 0 Å². The van der Waals surface area contributed by atoms with Gasteiger partial charge in [-0.15, -0.1) is 0 Å². The smallest absolute Gasteiger partial charge is 0.137 e. The fourth-order valence-electron chi connectivity index (χ4n) is 2.47. The molecular weight excluding hydrogens is 296 g/mol. The third-order valence-corrected chi connectivity index (χ3v) is 3.80. The quantitative estimate of drug-likeness (QED) is 0.575. The number of pyridine rings is 1. The van der Waals surface area contributed by atoms with Crippen LogP contribution in [0.4, 0.5) is 0 Å². The second kappa shape index (κ2) is 5.31. The average Bonchev–Trinajstić information content (AvgIpc) is 3.14. The predicted octanol–water partition coefficient (Wildman–Crippen LogP) is 3.90. The van der Waals surface area contributed by atoms with Crippen molar-refractivity contribution in [2.24, 2.45) is 0 Å². The summed E-state index contributed by atoms with van der Waals surface area (Å²) in [6.45, 7) is 0.648. The van der Waals surface area contributed by atoms with E-state index < -0.39 is 0 Å². The molecule has 0 unspecified atom stereocenters. The Morgan fingerprint density at radius 3 is 2.64 bits per heavy atom. The number of rotatable bonds is 3.